The van der Waals surface area contributed by atoms with Gasteiger partial charge in [-0.1, -0.05) is 0 Å². The number of imidazole rings is 1. The Balaban J connectivity index is 2.13. The minimum absolute atomic E-state index is 0.229. The smallest absolute Gasteiger partial charge is 0.335 e. The van der Waals surface area contributed by atoms with Crippen LogP contribution < -0.4 is 0 Å². The van der Waals surface area contributed by atoms with Crippen LogP contribution in [0.1, 0.15) is 29.6 Å². The van der Waals surface area contributed by atoms with Gasteiger partial charge >= 0.3 is 5.97 Å². The first kappa shape index (κ1) is 12.6. The number of carboxylic acid groups (broad SMARTS) is 1. The molecule has 2 N–H and O–H groups in total. The van der Waals surface area contributed by atoms with E-state index >= 15 is 0 Å². The zero-order valence-corrected chi connectivity index (χ0v) is 10.0. The number of benzene rings is 1. The number of carbonyl (C=O) groups is 1. The predicted octanol–water partition coefficient (Wildman–Crippen LogP) is 1.90. The van der Waals surface area contributed by atoms with E-state index < -0.39 is 5.97 Å². The highest BCUT2D eigenvalue weighted by Gasteiger charge is 2.07. The third-order valence-electron chi connectivity index (χ3n) is 2.93. The predicted molar refractivity (Wildman–Crippen MR) is 67.6 cm³/mol. The highest BCUT2D eigenvalue weighted by Crippen LogP contribution is 2.16. The Kier molecular flexibility index (Phi) is 3.94. The van der Waals surface area contributed by atoms with Crippen molar-refractivity contribution in [1.82, 2.24) is 9.55 Å². The molecule has 0 unspecified atom stereocenters. The van der Waals surface area contributed by atoms with Crippen molar-refractivity contribution in [2.75, 3.05) is 6.61 Å². The zero-order valence-electron chi connectivity index (χ0n) is 10.0. The molecule has 0 spiro atoms. The molecule has 5 heteroatoms. The maximum atomic E-state index is 10.8. The lowest BCUT2D eigenvalue weighted by Crippen LogP contribution is -1.98. The minimum atomic E-state index is -0.936. The summed E-state index contributed by atoms with van der Waals surface area (Å²) in [6, 6.07) is 4.97. The zero-order chi connectivity index (χ0) is 13.0. The highest BCUT2D eigenvalue weighted by atomic mass is 16.4. The second-order valence-electron chi connectivity index (χ2n) is 4.23. The van der Waals surface area contributed by atoms with Gasteiger partial charge in [0.2, 0.25) is 0 Å². The second-order valence-corrected chi connectivity index (χ2v) is 4.23. The van der Waals surface area contributed by atoms with Gasteiger partial charge in [0, 0.05) is 13.2 Å². The number of nitrogens with zero attached hydrogens (tertiary/aromatic N) is 2. The molecule has 0 fully saturated rings. The van der Waals surface area contributed by atoms with Gasteiger partial charge in [-0.15, -0.1) is 0 Å². The minimum Gasteiger partial charge on any atom is -0.478 e. The van der Waals surface area contributed by atoms with E-state index in [0.717, 1.165) is 31.3 Å². The van der Waals surface area contributed by atoms with Gasteiger partial charge in [0.1, 0.15) is 0 Å². The van der Waals surface area contributed by atoms with Crippen LogP contribution in [0.25, 0.3) is 11.0 Å². The lowest BCUT2D eigenvalue weighted by atomic mass is 10.2. The van der Waals surface area contributed by atoms with E-state index in [1.807, 2.05) is 4.57 Å². The fourth-order valence-corrected chi connectivity index (χ4v) is 1.95. The molecule has 1 aromatic heterocycles. The van der Waals surface area contributed by atoms with Crippen molar-refractivity contribution < 1.29 is 15.0 Å². The molecule has 18 heavy (non-hydrogen) atoms. The largest absolute Gasteiger partial charge is 0.478 e. The molecule has 96 valence electrons. The SMILES string of the molecule is O=C(O)c1ccc2c(c1)ncn2CCCCCO. The number of carboxylic acids is 1. The lowest BCUT2D eigenvalue weighted by molar-refractivity contribution is 0.0697. The van der Waals surface area contributed by atoms with Crippen LogP contribution >= 0.6 is 0 Å². The second kappa shape index (κ2) is 5.64. The fourth-order valence-electron chi connectivity index (χ4n) is 1.95. The molecular weight excluding hydrogens is 232 g/mol. The Morgan fingerprint density at radius 2 is 2.11 bits per heavy atom. The van der Waals surface area contributed by atoms with E-state index in [-0.39, 0.29) is 12.2 Å². The van der Waals surface area contributed by atoms with Gasteiger partial charge in [-0.05, 0) is 37.5 Å². The van der Waals surface area contributed by atoms with E-state index in [2.05, 4.69) is 4.98 Å². The van der Waals surface area contributed by atoms with Crippen molar-refractivity contribution in [2.45, 2.75) is 25.8 Å². The molecule has 2 aromatic rings. The summed E-state index contributed by atoms with van der Waals surface area (Å²) in [6.45, 7) is 1.07. The molecule has 5 nitrogen and oxygen atoms in total. The average Bonchev–Trinajstić information content (AvgIpc) is 2.77. The molecule has 2 rings (SSSR count). The topological polar surface area (TPSA) is 75.3 Å². The van der Waals surface area contributed by atoms with E-state index in [4.69, 9.17) is 10.2 Å². The Hall–Kier alpha value is -1.88. The average molecular weight is 248 g/mol. The molecule has 0 atom stereocenters. The van der Waals surface area contributed by atoms with E-state index in [9.17, 15) is 4.79 Å². The van der Waals surface area contributed by atoms with Gasteiger partial charge in [-0.3, -0.25) is 0 Å². The van der Waals surface area contributed by atoms with Gasteiger partial charge in [0.25, 0.3) is 0 Å². The number of aryl methyl sites for hydroxylation is 1. The van der Waals surface area contributed by atoms with E-state index in [0.29, 0.717) is 5.52 Å². The number of rotatable bonds is 6. The van der Waals surface area contributed by atoms with Crippen molar-refractivity contribution >= 4 is 17.0 Å². The Bertz CT molecular complexity index is 548. The first-order valence-corrected chi connectivity index (χ1v) is 6.01. The van der Waals surface area contributed by atoms with Crippen molar-refractivity contribution in [2.24, 2.45) is 0 Å². The maximum absolute atomic E-state index is 10.8. The van der Waals surface area contributed by atoms with Crippen LogP contribution in [0, 0.1) is 0 Å². The summed E-state index contributed by atoms with van der Waals surface area (Å²) in [5, 5.41) is 17.6. The van der Waals surface area contributed by atoms with Gasteiger partial charge in [0.15, 0.2) is 0 Å². The number of aliphatic hydroxyl groups excluding tert-OH is 1. The summed E-state index contributed by atoms with van der Waals surface area (Å²) in [6.07, 6.45) is 4.50. The van der Waals surface area contributed by atoms with Crippen molar-refractivity contribution in [3.05, 3.63) is 30.1 Å². The molecule has 1 aromatic carbocycles. The number of hydrogen-bond donors (Lipinski definition) is 2. The van der Waals surface area contributed by atoms with Gasteiger partial charge in [-0.2, -0.15) is 0 Å². The normalized spacial score (nSPS) is 10.9. The summed E-state index contributed by atoms with van der Waals surface area (Å²) >= 11 is 0. The number of hydrogen-bond acceptors (Lipinski definition) is 3. The quantitative estimate of drug-likeness (QED) is 0.765. The molecule has 0 radical (unpaired) electrons. The van der Waals surface area contributed by atoms with Crippen LogP contribution in [0.5, 0.6) is 0 Å². The molecule has 0 aliphatic rings. The van der Waals surface area contributed by atoms with Gasteiger partial charge < -0.3 is 14.8 Å². The van der Waals surface area contributed by atoms with Gasteiger partial charge in [-0.25, -0.2) is 9.78 Å². The van der Waals surface area contributed by atoms with Crippen molar-refractivity contribution in [3.63, 3.8) is 0 Å². The summed E-state index contributed by atoms with van der Waals surface area (Å²) in [5.74, 6) is -0.936. The van der Waals surface area contributed by atoms with Crippen LogP contribution in [0.3, 0.4) is 0 Å². The molecular formula is C13H16N2O3. The van der Waals surface area contributed by atoms with Crippen LogP contribution in [0.2, 0.25) is 0 Å². The third-order valence-corrected chi connectivity index (χ3v) is 2.93. The van der Waals surface area contributed by atoms with Crippen molar-refractivity contribution in [3.8, 4) is 0 Å². The number of fused-ring (bicyclic) bond motifs is 1. The summed E-state index contributed by atoms with van der Waals surface area (Å²) < 4.78 is 2.01. The summed E-state index contributed by atoms with van der Waals surface area (Å²) in [5.41, 5.74) is 1.91. The Morgan fingerprint density at radius 1 is 1.28 bits per heavy atom. The van der Waals surface area contributed by atoms with Crippen LogP contribution in [-0.4, -0.2) is 32.3 Å². The third kappa shape index (κ3) is 2.68. The Morgan fingerprint density at radius 3 is 2.83 bits per heavy atom. The lowest BCUT2D eigenvalue weighted by Gasteiger charge is -2.03. The summed E-state index contributed by atoms with van der Waals surface area (Å²) in [4.78, 5) is 15.0. The van der Waals surface area contributed by atoms with Gasteiger partial charge in [0.05, 0.1) is 22.9 Å². The maximum Gasteiger partial charge on any atom is 0.335 e. The van der Waals surface area contributed by atoms with Crippen LogP contribution in [-0.2, 0) is 6.54 Å². The number of aromatic carboxylic acids is 1. The Labute approximate surface area is 105 Å². The molecule has 0 amide bonds. The molecule has 0 aliphatic carbocycles. The molecule has 0 bridgehead atoms. The number of unbranched alkanes of at least 4 members (excludes halogenated alkanes) is 2. The monoisotopic (exact) mass is 248 g/mol. The molecule has 0 aliphatic heterocycles. The molecule has 0 saturated carbocycles. The highest BCUT2D eigenvalue weighted by molar-refractivity contribution is 5.92. The number of aliphatic hydroxyl groups is 1. The molecule has 0 saturated heterocycles. The number of aromatic nitrogens is 2. The first-order chi connectivity index (χ1) is 8.72. The summed E-state index contributed by atoms with van der Waals surface area (Å²) in [7, 11) is 0. The fraction of sp³-hybridized carbons (Fsp3) is 0.385. The van der Waals surface area contributed by atoms with Crippen molar-refractivity contribution in [1.29, 1.82) is 0 Å². The van der Waals surface area contributed by atoms with E-state index in [1.54, 1.807) is 24.5 Å². The first-order valence-electron chi connectivity index (χ1n) is 6.01. The molecule has 1 heterocycles. The van der Waals surface area contributed by atoms with Crippen LogP contribution in [0.15, 0.2) is 24.5 Å². The van der Waals surface area contributed by atoms with Crippen LogP contribution in [0.4, 0.5) is 0 Å². The van der Waals surface area contributed by atoms with E-state index in [1.165, 1.54) is 0 Å². The standard InChI is InChI=1S/C13H16N2O3/c16-7-3-1-2-6-15-9-14-11-8-10(13(17)18)4-5-12(11)15/h4-5,8-9,16H,1-3,6-7H2,(H,17,18).